The first kappa shape index (κ1) is 13.6. The number of rotatable bonds is 1. The first-order valence-electron chi connectivity index (χ1n) is 7.47. The summed E-state index contributed by atoms with van der Waals surface area (Å²) in [5, 5.41) is 11.2. The quantitative estimate of drug-likeness (QED) is 0.504. The zero-order valence-corrected chi connectivity index (χ0v) is 13.3. The van der Waals surface area contributed by atoms with Gasteiger partial charge < -0.3 is 4.42 Å². The Morgan fingerprint density at radius 3 is 2.70 bits per heavy atom. The van der Waals surface area contributed by atoms with E-state index in [1.54, 1.807) is 6.07 Å². The van der Waals surface area contributed by atoms with E-state index in [9.17, 15) is 0 Å². The zero-order valence-electron chi connectivity index (χ0n) is 13.3. The van der Waals surface area contributed by atoms with E-state index in [1.807, 2.05) is 38.6 Å². The maximum Gasteiger partial charge on any atom is 0.292 e. The molecule has 112 valence electrons. The highest BCUT2D eigenvalue weighted by atomic mass is 16.3. The third kappa shape index (κ3) is 1.87. The van der Waals surface area contributed by atoms with Gasteiger partial charge in [0.05, 0.1) is 25.7 Å². The second-order valence-corrected chi connectivity index (χ2v) is 5.90. The molecule has 0 amide bonds. The normalized spacial score (nSPS) is 11.2. The van der Waals surface area contributed by atoms with Gasteiger partial charge in [-0.25, -0.2) is 9.13 Å². The molecule has 0 unspecified atom stereocenters. The highest BCUT2D eigenvalue weighted by molar-refractivity contribution is 6.09. The molecule has 2 aromatic heterocycles. The van der Waals surface area contributed by atoms with Crippen LogP contribution in [0.25, 0.3) is 33.3 Å². The van der Waals surface area contributed by atoms with Crippen LogP contribution in [0.3, 0.4) is 0 Å². The van der Waals surface area contributed by atoms with Gasteiger partial charge in [0.15, 0.2) is 5.58 Å². The van der Waals surface area contributed by atoms with Crippen molar-refractivity contribution in [3.8, 4) is 17.5 Å². The lowest BCUT2D eigenvalue weighted by Crippen LogP contribution is -2.29. The van der Waals surface area contributed by atoms with E-state index in [-0.39, 0.29) is 0 Å². The molecule has 0 N–H and O–H groups in total. The number of aromatic nitrogens is 2. The first-order chi connectivity index (χ1) is 11.1. The molecule has 0 aliphatic heterocycles. The van der Waals surface area contributed by atoms with Gasteiger partial charge in [-0.05, 0) is 30.7 Å². The van der Waals surface area contributed by atoms with Gasteiger partial charge in [-0.2, -0.15) is 5.26 Å². The molecule has 0 spiro atoms. The highest BCUT2D eigenvalue weighted by Gasteiger charge is 2.23. The smallest absolute Gasteiger partial charge is 0.292 e. The molecule has 0 radical (unpaired) electrons. The molecule has 0 bridgehead atoms. The summed E-state index contributed by atoms with van der Waals surface area (Å²) in [6.07, 6.45) is 4.06. The summed E-state index contributed by atoms with van der Waals surface area (Å²) in [7, 11) is 4.06. The largest absolute Gasteiger partial charge is 0.455 e. The van der Waals surface area contributed by atoms with Crippen molar-refractivity contribution in [1.82, 2.24) is 4.57 Å². The number of benzene rings is 2. The molecule has 4 nitrogen and oxygen atoms in total. The van der Waals surface area contributed by atoms with Crippen molar-refractivity contribution < 1.29 is 8.98 Å². The van der Waals surface area contributed by atoms with Gasteiger partial charge in [-0.15, -0.1) is 0 Å². The molecule has 4 heteroatoms. The van der Waals surface area contributed by atoms with Crippen molar-refractivity contribution in [2.75, 3.05) is 0 Å². The van der Waals surface area contributed by atoms with Gasteiger partial charge in [-0.3, -0.25) is 0 Å². The van der Waals surface area contributed by atoms with E-state index in [4.69, 9.17) is 9.68 Å². The van der Waals surface area contributed by atoms with Crippen LogP contribution in [0, 0.1) is 18.3 Å². The summed E-state index contributed by atoms with van der Waals surface area (Å²) >= 11 is 0. The minimum Gasteiger partial charge on any atom is -0.455 e. The summed E-state index contributed by atoms with van der Waals surface area (Å²) in [5.74, 6) is 1.09. The number of aryl methyl sites for hydroxylation is 3. The Morgan fingerprint density at radius 1 is 1.17 bits per heavy atom. The Morgan fingerprint density at radius 2 is 2.00 bits per heavy atom. The Balaban J connectivity index is 2.17. The number of fused-ring (bicyclic) bond motifs is 3. The fourth-order valence-corrected chi connectivity index (χ4v) is 3.23. The summed E-state index contributed by atoms with van der Waals surface area (Å²) in [6, 6.07) is 11.9. The standard InChI is InChI=1S/C19H16N3O/c1-12-4-6-14-15-10-13(11-20)5-7-16(15)23-18(14)17(12)19-21(2)8-9-22(19)3/h4-10H,1-3H3/q+1. The van der Waals surface area contributed by atoms with Crippen LogP contribution in [-0.4, -0.2) is 4.57 Å². The second kappa shape index (κ2) is 4.72. The Labute approximate surface area is 133 Å². The van der Waals surface area contributed by atoms with Crippen molar-refractivity contribution >= 4 is 21.9 Å². The molecule has 2 aromatic carbocycles. The molecule has 4 aromatic rings. The average Bonchev–Trinajstić information content (AvgIpc) is 3.07. The van der Waals surface area contributed by atoms with Crippen LogP contribution >= 0.6 is 0 Å². The average molecular weight is 302 g/mol. The Kier molecular flexibility index (Phi) is 2.79. The molecule has 0 atom stereocenters. The molecule has 2 heterocycles. The maximum atomic E-state index is 9.14. The van der Waals surface area contributed by atoms with Crippen molar-refractivity contribution in [3.63, 3.8) is 0 Å². The van der Waals surface area contributed by atoms with Crippen LogP contribution in [0.1, 0.15) is 11.1 Å². The van der Waals surface area contributed by atoms with Crippen LogP contribution < -0.4 is 4.57 Å². The first-order valence-corrected chi connectivity index (χ1v) is 7.47. The van der Waals surface area contributed by atoms with Crippen LogP contribution in [0.4, 0.5) is 0 Å². The predicted octanol–water partition coefficient (Wildman–Crippen LogP) is 3.60. The van der Waals surface area contributed by atoms with Crippen molar-refractivity contribution in [3.05, 3.63) is 53.9 Å². The van der Waals surface area contributed by atoms with E-state index in [1.165, 1.54) is 0 Å². The lowest BCUT2D eigenvalue weighted by atomic mass is 10.0. The molecule has 0 saturated carbocycles. The van der Waals surface area contributed by atoms with E-state index in [2.05, 4.69) is 34.3 Å². The molecule has 23 heavy (non-hydrogen) atoms. The van der Waals surface area contributed by atoms with E-state index in [0.29, 0.717) is 5.56 Å². The zero-order chi connectivity index (χ0) is 16.1. The number of nitriles is 1. The molecular formula is C19H16N3O+. The number of nitrogens with zero attached hydrogens (tertiary/aromatic N) is 3. The van der Waals surface area contributed by atoms with E-state index in [0.717, 1.165) is 38.9 Å². The molecule has 0 fully saturated rings. The highest BCUT2D eigenvalue weighted by Crippen LogP contribution is 2.36. The number of imidazole rings is 1. The lowest BCUT2D eigenvalue weighted by molar-refractivity contribution is -0.659. The van der Waals surface area contributed by atoms with Crippen LogP contribution in [-0.2, 0) is 14.1 Å². The number of furan rings is 1. The fourth-order valence-electron chi connectivity index (χ4n) is 3.23. The molecule has 0 saturated heterocycles. The predicted molar refractivity (Wildman–Crippen MR) is 88.8 cm³/mol. The topological polar surface area (TPSA) is 45.7 Å². The summed E-state index contributed by atoms with van der Waals surface area (Å²) in [4.78, 5) is 0. The third-order valence-corrected chi connectivity index (χ3v) is 4.38. The summed E-state index contributed by atoms with van der Waals surface area (Å²) in [6.45, 7) is 2.09. The van der Waals surface area contributed by atoms with E-state index < -0.39 is 0 Å². The molecule has 0 aliphatic carbocycles. The van der Waals surface area contributed by atoms with Crippen LogP contribution in [0.15, 0.2) is 47.1 Å². The number of hydrogen-bond donors (Lipinski definition) is 0. The minimum absolute atomic E-state index is 0.645. The van der Waals surface area contributed by atoms with Gasteiger partial charge in [-0.1, -0.05) is 12.1 Å². The molecule has 4 rings (SSSR count). The summed E-state index contributed by atoms with van der Waals surface area (Å²) in [5.41, 5.74) is 4.57. The van der Waals surface area contributed by atoms with Crippen molar-refractivity contribution in [2.24, 2.45) is 14.1 Å². The van der Waals surface area contributed by atoms with Crippen LogP contribution in [0.2, 0.25) is 0 Å². The third-order valence-electron chi connectivity index (χ3n) is 4.38. The van der Waals surface area contributed by atoms with Gasteiger partial charge >= 0.3 is 0 Å². The Bertz CT molecular complexity index is 1090. The number of hydrogen-bond acceptors (Lipinski definition) is 2. The van der Waals surface area contributed by atoms with Gasteiger partial charge in [0.2, 0.25) is 0 Å². The van der Waals surface area contributed by atoms with Crippen molar-refractivity contribution in [2.45, 2.75) is 6.92 Å². The monoisotopic (exact) mass is 302 g/mol. The van der Waals surface area contributed by atoms with Crippen molar-refractivity contribution in [1.29, 1.82) is 5.26 Å². The van der Waals surface area contributed by atoms with Gasteiger partial charge in [0.25, 0.3) is 5.82 Å². The second-order valence-electron chi connectivity index (χ2n) is 5.90. The van der Waals surface area contributed by atoms with E-state index >= 15 is 0 Å². The van der Waals surface area contributed by atoms with Gasteiger partial charge in [0.1, 0.15) is 23.5 Å². The SMILES string of the molecule is Cc1ccc2c(oc3ccc(C#N)cc32)c1-c1n(C)cc[n+]1C. The lowest BCUT2D eigenvalue weighted by Gasteiger charge is -2.04. The maximum absolute atomic E-state index is 9.14. The van der Waals surface area contributed by atoms with Gasteiger partial charge in [0, 0.05) is 10.8 Å². The fraction of sp³-hybridized carbons (Fsp3) is 0.158. The minimum atomic E-state index is 0.645. The Hall–Kier alpha value is -3.06. The summed E-state index contributed by atoms with van der Waals surface area (Å²) < 4.78 is 10.3. The van der Waals surface area contributed by atoms with Crippen LogP contribution in [0.5, 0.6) is 0 Å². The molecule has 0 aliphatic rings. The molecular weight excluding hydrogens is 286 g/mol.